The largest absolute Gasteiger partial charge is 0.486 e. The van der Waals surface area contributed by atoms with Crippen molar-refractivity contribution >= 4 is 17.3 Å². The predicted octanol–water partition coefficient (Wildman–Crippen LogP) is 3.24. The number of nitrogens with zero attached hydrogens (tertiary/aromatic N) is 1. The summed E-state index contributed by atoms with van der Waals surface area (Å²) in [4.78, 5) is 14.7. The molecule has 2 aliphatic rings. The van der Waals surface area contributed by atoms with Gasteiger partial charge in [-0.2, -0.15) is 0 Å². The van der Waals surface area contributed by atoms with Gasteiger partial charge in [-0.1, -0.05) is 6.07 Å². The molecule has 0 aromatic heterocycles. The summed E-state index contributed by atoms with van der Waals surface area (Å²) < 4.78 is 11.1. The Kier molecular flexibility index (Phi) is 4.46. The van der Waals surface area contributed by atoms with Crippen molar-refractivity contribution in [2.45, 2.75) is 19.3 Å². The molecule has 0 aliphatic carbocycles. The monoisotopic (exact) mass is 338 g/mol. The van der Waals surface area contributed by atoms with Gasteiger partial charge in [0.05, 0.1) is 6.42 Å². The van der Waals surface area contributed by atoms with Gasteiger partial charge in [0.15, 0.2) is 11.5 Å². The fourth-order valence-electron chi connectivity index (χ4n) is 3.32. The second-order valence-electron chi connectivity index (χ2n) is 6.44. The highest BCUT2D eigenvalue weighted by atomic mass is 16.6. The molecule has 0 atom stereocenters. The van der Waals surface area contributed by atoms with E-state index in [1.54, 1.807) is 0 Å². The number of amides is 1. The topological polar surface area (TPSA) is 50.8 Å². The summed E-state index contributed by atoms with van der Waals surface area (Å²) in [6.45, 7) is 3.36. The Hall–Kier alpha value is -2.69. The number of anilines is 2. The highest BCUT2D eigenvalue weighted by Gasteiger charge is 2.14. The summed E-state index contributed by atoms with van der Waals surface area (Å²) in [6.07, 6.45) is 2.83. The van der Waals surface area contributed by atoms with Crippen LogP contribution in [-0.2, 0) is 11.2 Å². The first-order valence-electron chi connectivity index (χ1n) is 8.81. The van der Waals surface area contributed by atoms with E-state index >= 15 is 0 Å². The zero-order chi connectivity index (χ0) is 17.1. The number of hydrogen-bond acceptors (Lipinski definition) is 4. The Morgan fingerprint density at radius 3 is 2.44 bits per heavy atom. The van der Waals surface area contributed by atoms with Crippen molar-refractivity contribution in [3.05, 3.63) is 48.0 Å². The third-order valence-corrected chi connectivity index (χ3v) is 4.59. The van der Waals surface area contributed by atoms with E-state index in [4.69, 9.17) is 9.47 Å². The van der Waals surface area contributed by atoms with Crippen LogP contribution in [-0.4, -0.2) is 32.2 Å². The zero-order valence-electron chi connectivity index (χ0n) is 14.2. The normalized spacial score (nSPS) is 15.9. The molecule has 130 valence electrons. The van der Waals surface area contributed by atoms with Crippen LogP contribution in [0.25, 0.3) is 0 Å². The van der Waals surface area contributed by atoms with E-state index in [2.05, 4.69) is 22.3 Å². The Labute approximate surface area is 147 Å². The van der Waals surface area contributed by atoms with E-state index in [9.17, 15) is 4.79 Å². The molecule has 0 spiro atoms. The highest BCUT2D eigenvalue weighted by molar-refractivity contribution is 5.92. The maximum atomic E-state index is 12.3. The van der Waals surface area contributed by atoms with Crippen molar-refractivity contribution in [2.75, 3.05) is 36.5 Å². The van der Waals surface area contributed by atoms with Crippen molar-refractivity contribution in [1.29, 1.82) is 0 Å². The first-order valence-corrected chi connectivity index (χ1v) is 8.81. The van der Waals surface area contributed by atoms with E-state index in [1.807, 2.05) is 30.3 Å². The Morgan fingerprint density at radius 1 is 0.960 bits per heavy atom. The van der Waals surface area contributed by atoms with Gasteiger partial charge < -0.3 is 19.7 Å². The van der Waals surface area contributed by atoms with Gasteiger partial charge in [-0.05, 0) is 54.8 Å². The molecule has 1 fully saturated rings. The zero-order valence-corrected chi connectivity index (χ0v) is 14.2. The summed E-state index contributed by atoms with van der Waals surface area (Å²) in [7, 11) is 0. The minimum absolute atomic E-state index is 0.0365. The average Bonchev–Trinajstić information content (AvgIpc) is 3.17. The molecule has 2 aromatic rings. The summed E-state index contributed by atoms with van der Waals surface area (Å²) in [5, 5.41) is 2.96. The van der Waals surface area contributed by atoms with Gasteiger partial charge in [0.2, 0.25) is 5.91 Å². The molecule has 0 bridgehead atoms. The predicted molar refractivity (Wildman–Crippen MR) is 97.7 cm³/mol. The van der Waals surface area contributed by atoms with Crippen LogP contribution in [0.4, 0.5) is 11.4 Å². The molecule has 1 amide bonds. The fraction of sp³-hybridized carbons (Fsp3) is 0.350. The van der Waals surface area contributed by atoms with E-state index < -0.39 is 0 Å². The van der Waals surface area contributed by atoms with Crippen molar-refractivity contribution in [3.8, 4) is 11.5 Å². The molecule has 5 nitrogen and oxygen atoms in total. The molecule has 2 aliphatic heterocycles. The molecule has 0 unspecified atom stereocenters. The number of carbonyl (C=O) groups excluding carboxylic acids is 1. The smallest absolute Gasteiger partial charge is 0.228 e. The summed E-state index contributed by atoms with van der Waals surface area (Å²) >= 11 is 0. The molecule has 2 aromatic carbocycles. The molecule has 4 rings (SSSR count). The van der Waals surface area contributed by atoms with Crippen LogP contribution in [0.15, 0.2) is 42.5 Å². The van der Waals surface area contributed by atoms with Gasteiger partial charge in [0.1, 0.15) is 13.2 Å². The molecule has 5 heteroatoms. The van der Waals surface area contributed by atoms with Gasteiger partial charge in [0.25, 0.3) is 0 Å². The number of fused-ring (bicyclic) bond motifs is 1. The molecule has 0 radical (unpaired) electrons. The minimum atomic E-state index is -0.0365. The molecule has 2 heterocycles. The van der Waals surface area contributed by atoms with Crippen LogP contribution in [0.3, 0.4) is 0 Å². The van der Waals surface area contributed by atoms with Crippen LogP contribution in [0, 0.1) is 0 Å². The van der Waals surface area contributed by atoms with Gasteiger partial charge in [-0.15, -0.1) is 0 Å². The third kappa shape index (κ3) is 3.71. The minimum Gasteiger partial charge on any atom is -0.486 e. The highest BCUT2D eigenvalue weighted by Crippen LogP contribution is 2.31. The maximum absolute atomic E-state index is 12.3. The van der Waals surface area contributed by atoms with Crippen molar-refractivity contribution in [1.82, 2.24) is 0 Å². The lowest BCUT2D eigenvalue weighted by atomic mass is 10.1. The van der Waals surface area contributed by atoms with Crippen LogP contribution in [0.1, 0.15) is 18.4 Å². The lowest BCUT2D eigenvalue weighted by Crippen LogP contribution is -2.18. The Balaban J connectivity index is 1.37. The van der Waals surface area contributed by atoms with E-state index in [1.165, 1.54) is 18.5 Å². The molecule has 0 saturated carbocycles. The van der Waals surface area contributed by atoms with Crippen molar-refractivity contribution < 1.29 is 14.3 Å². The standard InChI is InChI=1S/C20H22N2O3/c23-20(14-15-3-8-18-19(13-15)25-12-11-24-18)21-16-4-6-17(7-5-16)22-9-1-2-10-22/h3-8,13H,1-2,9-12,14H2,(H,21,23). The molecule has 1 N–H and O–H groups in total. The van der Waals surface area contributed by atoms with Gasteiger partial charge in [-0.3, -0.25) is 4.79 Å². The average molecular weight is 338 g/mol. The third-order valence-electron chi connectivity index (χ3n) is 4.59. The first kappa shape index (κ1) is 15.8. The summed E-state index contributed by atoms with van der Waals surface area (Å²) in [5.41, 5.74) is 2.96. The van der Waals surface area contributed by atoms with E-state index in [-0.39, 0.29) is 5.91 Å². The molecule has 25 heavy (non-hydrogen) atoms. The van der Waals surface area contributed by atoms with Crippen molar-refractivity contribution in [3.63, 3.8) is 0 Å². The SMILES string of the molecule is O=C(Cc1ccc2c(c1)OCCO2)Nc1ccc(N2CCCC2)cc1. The molecule has 1 saturated heterocycles. The Bertz CT molecular complexity index is 752. The van der Waals surface area contributed by atoms with Gasteiger partial charge >= 0.3 is 0 Å². The summed E-state index contributed by atoms with van der Waals surface area (Å²) in [6, 6.07) is 13.7. The van der Waals surface area contributed by atoms with E-state index in [0.717, 1.165) is 30.1 Å². The van der Waals surface area contributed by atoms with Crippen LogP contribution in [0.5, 0.6) is 11.5 Å². The van der Waals surface area contributed by atoms with Gasteiger partial charge in [-0.25, -0.2) is 0 Å². The number of carbonyl (C=O) groups is 1. The van der Waals surface area contributed by atoms with Crippen LogP contribution < -0.4 is 19.7 Å². The lowest BCUT2D eigenvalue weighted by Gasteiger charge is -2.19. The first-order chi connectivity index (χ1) is 12.3. The maximum Gasteiger partial charge on any atom is 0.228 e. The van der Waals surface area contributed by atoms with Crippen LogP contribution in [0.2, 0.25) is 0 Å². The van der Waals surface area contributed by atoms with Crippen LogP contribution >= 0.6 is 0 Å². The molecular weight excluding hydrogens is 316 g/mol. The Morgan fingerprint density at radius 2 is 1.68 bits per heavy atom. The van der Waals surface area contributed by atoms with Gasteiger partial charge in [0, 0.05) is 24.5 Å². The number of benzene rings is 2. The second kappa shape index (κ2) is 7.05. The van der Waals surface area contributed by atoms with Crippen molar-refractivity contribution in [2.24, 2.45) is 0 Å². The fourth-order valence-corrected chi connectivity index (χ4v) is 3.32. The molecular formula is C20H22N2O3. The lowest BCUT2D eigenvalue weighted by molar-refractivity contribution is -0.115. The number of hydrogen-bond donors (Lipinski definition) is 1. The second-order valence-corrected chi connectivity index (χ2v) is 6.44. The quantitative estimate of drug-likeness (QED) is 0.930. The number of nitrogens with one attached hydrogen (secondary N) is 1. The number of ether oxygens (including phenoxy) is 2. The summed E-state index contributed by atoms with van der Waals surface area (Å²) in [5.74, 6) is 1.42. The van der Waals surface area contributed by atoms with E-state index in [0.29, 0.717) is 25.4 Å². The number of rotatable bonds is 4.